The average molecular weight is 373 g/mol. The summed E-state index contributed by atoms with van der Waals surface area (Å²) >= 11 is 1.49. The summed E-state index contributed by atoms with van der Waals surface area (Å²) in [4.78, 5) is 19.4. The van der Waals surface area contributed by atoms with E-state index in [9.17, 15) is 4.79 Å². The minimum Gasteiger partial charge on any atom is -0.486 e. The van der Waals surface area contributed by atoms with Crippen molar-refractivity contribution < 1.29 is 14.3 Å². The number of amides is 1. The van der Waals surface area contributed by atoms with Gasteiger partial charge in [-0.25, -0.2) is 4.98 Å². The SMILES string of the molecule is CNCC1CCCN(C(=O)c2csc(-c3ccc4c(c3)OCCO4)n2)C1. The Hall–Kier alpha value is -2.12. The largest absolute Gasteiger partial charge is 0.486 e. The number of aromatic nitrogens is 1. The zero-order valence-corrected chi connectivity index (χ0v) is 15.7. The van der Waals surface area contributed by atoms with Crippen LogP contribution in [0.1, 0.15) is 23.3 Å². The zero-order valence-electron chi connectivity index (χ0n) is 14.9. The van der Waals surface area contributed by atoms with Crippen molar-refractivity contribution in [1.82, 2.24) is 15.2 Å². The van der Waals surface area contributed by atoms with E-state index in [1.807, 2.05) is 35.5 Å². The van der Waals surface area contributed by atoms with Crippen molar-refractivity contribution in [1.29, 1.82) is 0 Å². The molecule has 1 fully saturated rings. The molecule has 3 heterocycles. The Balaban J connectivity index is 1.50. The van der Waals surface area contributed by atoms with Crippen LogP contribution in [0.4, 0.5) is 0 Å². The third-order valence-corrected chi connectivity index (χ3v) is 5.70. The number of nitrogens with one attached hydrogen (secondary N) is 1. The number of nitrogens with zero attached hydrogens (tertiary/aromatic N) is 2. The third kappa shape index (κ3) is 3.54. The number of likely N-dealkylation sites (tertiary alicyclic amines) is 1. The molecular weight excluding hydrogens is 350 g/mol. The van der Waals surface area contributed by atoms with Crippen LogP contribution in [-0.2, 0) is 0 Å². The van der Waals surface area contributed by atoms with Crippen LogP contribution in [0.25, 0.3) is 10.6 Å². The normalized spacial score (nSPS) is 19.4. The Bertz CT molecular complexity index is 790. The van der Waals surface area contributed by atoms with Gasteiger partial charge in [0.15, 0.2) is 11.5 Å². The van der Waals surface area contributed by atoms with Crippen molar-refractivity contribution in [3.05, 3.63) is 29.3 Å². The van der Waals surface area contributed by atoms with Crippen molar-refractivity contribution in [3.8, 4) is 22.1 Å². The van der Waals surface area contributed by atoms with Gasteiger partial charge in [0.1, 0.15) is 23.9 Å². The molecule has 0 saturated carbocycles. The Morgan fingerprint density at radius 3 is 3.04 bits per heavy atom. The van der Waals surface area contributed by atoms with Gasteiger partial charge in [-0.1, -0.05) is 0 Å². The van der Waals surface area contributed by atoms with Gasteiger partial charge < -0.3 is 19.7 Å². The van der Waals surface area contributed by atoms with Crippen LogP contribution in [0, 0.1) is 5.92 Å². The fourth-order valence-electron chi connectivity index (χ4n) is 3.55. The first-order valence-electron chi connectivity index (χ1n) is 9.04. The summed E-state index contributed by atoms with van der Waals surface area (Å²) in [5, 5.41) is 5.90. The number of benzene rings is 1. The molecule has 1 atom stereocenters. The van der Waals surface area contributed by atoms with E-state index in [2.05, 4.69) is 10.3 Å². The van der Waals surface area contributed by atoms with E-state index in [-0.39, 0.29) is 5.91 Å². The molecule has 1 amide bonds. The molecule has 1 aromatic heterocycles. The fourth-order valence-corrected chi connectivity index (χ4v) is 4.34. The highest BCUT2D eigenvalue weighted by Gasteiger charge is 2.26. The van der Waals surface area contributed by atoms with Crippen molar-refractivity contribution >= 4 is 17.2 Å². The van der Waals surface area contributed by atoms with Gasteiger partial charge in [0.2, 0.25) is 0 Å². The highest BCUT2D eigenvalue weighted by molar-refractivity contribution is 7.13. The van der Waals surface area contributed by atoms with Gasteiger partial charge in [-0.05, 0) is 50.6 Å². The molecule has 2 aliphatic rings. The van der Waals surface area contributed by atoms with Crippen LogP contribution < -0.4 is 14.8 Å². The lowest BCUT2D eigenvalue weighted by atomic mass is 9.98. The molecule has 4 rings (SSSR count). The number of carbonyl (C=O) groups is 1. The molecule has 0 bridgehead atoms. The van der Waals surface area contributed by atoms with Gasteiger partial charge in [0, 0.05) is 24.0 Å². The van der Waals surface area contributed by atoms with E-state index in [4.69, 9.17) is 9.47 Å². The van der Waals surface area contributed by atoms with Gasteiger partial charge in [-0.3, -0.25) is 4.79 Å². The molecule has 0 spiro atoms. The van der Waals surface area contributed by atoms with Gasteiger partial charge >= 0.3 is 0 Å². The zero-order chi connectivity index (χ0) is 17.9. The monoisotopic (exact) mass is 373 g/mol. The molecule has 0 radical (unpaired) electrons. The maximum atomic E-state index is 12.8. The number of hydrogen-bond donors (Lipinski definition) is 1. The average Bonchev–Trinajstić information content (AvgIpc) is 3.18. The van der Waals surface area contributed by atoms with Crippen molar-refractivity contribution in [3.63, 3.8) is 0 Å². The fraction of sp³-hybridized carbons (Fsp3) is 0.474. The summed E-state index contributed by atoms with van der Waals surface area (Å²) in [6, 6.07) is 5.80. The number of carbonyl (C=O) groups excluding carboxylic acids is 1. The van der Waals surface area contributed by atoms with Crippen LogP contribution in [0.2, 0.25) is 0 Å². The van der Waals surface area contributed by atoms with E-state index in [1.165, 1.54) is 17.8 Å². The Morgan fingerprint density at radius 1 is 1.35 bits per heavy atom. The van der Waals surface area contributed by atoms with Crippen molar-refractivity contribution in [2.75, 3.05) is 39.9 Å². The molecule has 7 heteroatoms. The second-order valence-corrected chi connectivity index (χ2v) is 7.57. The van der Waals surface area contributed by atoms with Crippen LogP contribution in [0.5, 0.6) is 11.5 Å². The maximum Gasteiger partial charge on any atom is 0.273 e. The number of piperidine rings is 1. The van der Waals surface area contributed by atoms with Crippen molar-refractivity contribution in [2.24, 2.45) is 5.92 Å². The molecule has 0 aliphatic carbocycles. The second kappa shape index (κ2) is 7.63. The summed E-state index contributed by atoms with van der Waals surface area (Å²) in [6.45, 7) is 3.70. The number of rotatable bonds is 4. The quantitative estimate of drug-likeness (QED) is 0.893. The van der Waals surface area contributed by atoms with E-state index in [0.29, 0.717) is 24.8 Å². The van der Waals surface area contributed by atoms with Crippen molar-refractivity contribution in [2.45, 2.75) is 12.8 Å². The molecule has 1 saturated heterocycles. The van der Waals surface area contributed by atoms with Crippen LogP contribution in [0.3, 0.4) is 0 Å². The molecule has 1 N–H and O–H groups in total. The number of hydrogen-bond acceptors (Lipinski definition) is 6. The molecule has 2 aromatic rings. The lowest BCUT2D eigenvalue weighted by Gasteiger charge is -2.32. The topological polar surface area (TPSA) is 63.7 Å². The molecule has 26 heavy (non-hydrogen) atoms. The summed E-state index contributed by atoms with van der Waals surface area (Å²) in [7, 11) is 1.96. The van der Waals surface area contributed by atoms with Crippen LogP contribution in [0.15, 0.2) is 23.6 Å². The van der Waals surface area contributed by atoms with Gasteiger partial charge in [0.25, 0.3) is 5.91 Å². The molecule has 138 valence electrons. The molecule has 1 unspecified atom stereocenters. The van der Waals surface area contributed by atoms with E-state index in [0.717, 1.165) is 48.1 Å². The van der Waals surface area contributed by atoms with Gasteiger partial charge in [-0.15, -0.1) is 11.3 Å². The number of ether oxygens (including phenoxy) is 2. The summed E-state index contributed by atoms with van der Waals surface area (Å²) in [6.07, 6.45) is 2.22. The Kier molecular flexibility index (Phi) is 5.08. The molecule has 6 nitrogen and oxygen atoms in total. The number of fused-ring (bicyclic) bond motifs is 1. The predicted octanol–water partition coefficient (Wildman–Crippen LogP) is 2.65. The minimum atomic E-state index is 0.0332. The van der Waals surface area contributed by atoms with Crippen LogP contribution in [-0.4, -0.2) is 55.7 Å². The van der Waals surface area contributed by atoms with E-state index in [1.54, 1.807) is 0 Å². The summed E-state index contributed by atoms with van der Waals surface area (Å²) in [5.41, 5.74) is 1.48. The van der Waals surface area contributed by atoms with Gasteiger partial charge in [-0.2, -0.15) is 0 Å². The Labute approximate surface area is 157 Å². The first-order valence-corrected chi connectivity index (χ1v) is 9.92. The molecular formula is C19H23N3O3S. The predicted molar refractivity (Wildman–Crippen MR) is 101 cm³/mol. The lowest BCUT2D eigenvalue weighted by molar-refractivity contribution is 0.0669. The van der Waals surface area contributed by atoms with Crippen LogP contribution >= 0.6 is 11.3 Å². The standard InChI is InChI=1S/C19H23N3O3S/c1-20-10-13-3-2-6-22(11-13)19(23)15-12-26-18(21-15)14-4-5-16-17(9-14)25-8-7-24-16/h4-5,9,12-13,20H,2-3,6-8,10-11H2,1H3. The highest BCUT2D eigenvalue weighted by Crippen LogP contribution is 2.35. The third-order valence-electron chi connectivity index (χ3n) is 4.81. The van der Waals surface area contributed by atoms with E-state index >= 15 is 0 Å². The molecule has 2 aliphatic heterocycles. The smallest absolute Gasteiger partial charge is 0.273 e. The van der Waals surface area contributed by atoms with Gasteiger partial charge in [0.05, 0.1) is 0 Å². The number of thiazole rings is 1. The minimum absolute atomic E-state index is 0.0332. The molecule has 1 aromatic carbocycles. The maximum absolute atomic E-state index is 12.8. The highest BCUT2D eigenvalue weighted by atomic mass is 32.1. The second-order valence-electron chi connectivity index (χ2n) is 6.71. The Morgan fingerprint density at radius 2 is 2.19 bits per heavy atom. The first-order chi connectivity index (χ1) is 12.7. The lowest BCUT2D eigenvalue weighted by Crippen LogP contribution is -2.42. The van der Waals surface area contributed by atoms with E-state index < -0.39 is 0 Å². The summed E-state index contributed by atoms with van der Waals surface area (Å²) < 4.78 is 11.2. The summed E-state index contributed by atoms with van der Waals surface area (Å²) in [5.74, 6) is 2.05. The first kappa shape index (κ1) is 17.3.